The Balaban J connectivity index is 1.69. The molecule has 2 saturated heterocycles. The second kappa shape index (κ2) is 4.97. The molecule has 108 valence electrons. The largest absolute Gasteiger partial charge is 0.315 e. The first-order valence-corrected chi connectivity index (χ1v) is 8.35. The van der Waals surface area contributed by atoms with E-state index in [4.69, 9.17) is 0 Å². The SMILES string of the molecule is O=C1N(c2ccsc2)CC[C@]12CNC[C@H]2c1ccccc1. The summed E-state index contributed by atoms with van der Waals surface area (Å²) in [6, 6.07) is 12.5. The standard InChI is InChI=1S/C17H18N2OS/c20-16-17(7-8-19(16)14-6-9-21-11-14)12-18-10-15(17)13-4-2-1-3-5-13/h1-6,9,11,15,18H,7-8,10,12H2/t15-,17+/m0/s1. The van der Waals surface area contributed by atoms with Crippen LogP contribution in [0.4, 0.5) is 5.69 Å². The van der Waals surface area contributed by atoms with Crippen molar-refractivity contribution in [3.05, 3.63) is 52.7 Å². The predicted octanol–water partition coefficient (Wildman–Crippen LogP) is 2.86. The molecule has 1 aromatic carbocycles. The van der Waals surface area contributed by atoms with Crippen molar-refractivity contribution >= 4 is 22.9 Å². The van der Waals surface area contributed by atoms with Gasteiger partial charge >= 0.3 is 0 Å². The molecule has 0 radical (unpaired) electrons. The molecule has 2 aliphatic rings. The molecule has 1 amide bonds. The zero-order valence-corrected chi connectivity index (χ0v) is 12.6. The molecule has 2 atom stereocenters. The Hall–Kier alpha value is -1.65. The van der Waals surface area contributed by atoms with Gasteiger partial charge in [-0.15, -0.1) is 0 Å². The first kappa shape index (κ1) is 13.0. The van der Waals surface area contributed by atoms with Crippen molar-refractivity contribution in [1.82, 2.24) is 5.32 Å². The Kier molecular flexibility index (Phi) is 3.08. The summed E-state index contributed by atoms with van der Waals surface area (Å²) in [5.74, 6) is 0.578. The van der Waals surface area contributed by atoms with E-state index in [0.717, 1.165) is 31.7 Å². The summed E-state index contributed by atoms with van der Waals surface area (Å²) >= 11 is 1.65. The quantitative estimate of drug-likeness (QED) is 0.924. The Morgan fingerprint density at radius 1 is 1.24 bits per heavy atom. The third-order valence-electron chi connectivity index (χ3n) is 4.93. The highest BCUT2D eigenvalue weighted by molar-refractivity contribution is 7.08. The molecule has 2 aliphatic heterocycles. The van der Waals surface area contributed by atoms with E-state index in [1.165, 1.54) is 5.56 Å². The third kappa shape index (κ3) is 1.93. The molecule has 3 heterocycles. The van der Waals surface area contributed by atoms with E-state index in [9.17, 15) is 4.79 Å². The topological polar surface area (TPSA) is 32.3 Å². The minimum atomic E-state index is -0.261. The van der Waals surface area contributed by atoms with Crippen LogP contribution in [0.5, 0.6) is 0 Å². The highest BCUT2D eigenvalue weighted by Gasteiger charge is 2.55. The van der Waals surface area contributed by atoms with E-state index in [-0.39, 0.29) is 11.3 Å². The van der Waals surface area contributed by atoms with Gasteiger partial charge < -0.3 is 10.2 Å². The lowest BCUT2D eigenvalue weighted by atomic mass is 9.73. The van der Waals surface area contributed by atoms with E-state index >= 15 is 0 Å². The lowest BCUT2D eigenvalue weighted by Gasteiger charge is -2.29. The van der Waals surface area contributed by atoms with Gasteiger partial charge in [0.15, 0.2) is 0 Å². The number of hydrogen-bond acceptors (Lipinski definition) is 3. The molecular weight excluding hydrogens is 280 g/mol. The summed E-state index contributed by atoms with van der Waals surface area (Å²) < 4.78 is 0. The van der Waals surface area contributed by atoms with Gasteiger partial charge in [0.05, 0.1) is 11.1 Å². The van der Waals surface area contributed by atoms with Gasteiger partial charge in [-0.25, -0.2) is 0 Å². The summed E-state index contributed by atoms with van der Waals surface area (Å²) in [5, 5.41) is 7.56. The van der Waals surface area contributed by atoms with E-state index in [1.807, 2.05) is 22.4 Å². The Bertz CT molecular complexity index is 640. The molecule has 4 rings (SSSR count). The van der Waals surface area contributed by atoms with Gasteiger partial charge in [0, 0.05) is 30.9 Å². The average molecular weight is 298 g/mol. The molecule has 2 aromatic rings. The Morgan fingerprint density at radius 3 is 2.86 bits per heavy atom. The Morgan fingerprint density at radius 2 is 2.10 bits per heavy atom. The molecule has 2 fully saturated rings. The van der Waals surface area contributed by atoms with Crippen molar-refractivity contribution in [2.75, 3.05) is 24.5 Å². The maximum atomic E-state index is 13.1. The van der Waals surface area contributed by atoms with Crippen molar-refractivity contribution < 1.29 is 4.79 Å². The summed E-state index contributed by atoms with van der Waals surface area (Å²) in [5.41, 5.74) is 2.08. The van der Waals surface area contributed by atoms with Gasteiger partial charge in [0.2, 0.25) is 5.91 Å². The van der Waals surface area contributed by atoms with Crippen molar-refractivity contribution in [2.45, 2.75) is 12.3 Å². The van der Waals surface area contributed by atoms with Crippen LogP contribution in [-0.4, -0.2) is 25.5 Å². The van der Waals surface area contributed by atoms with Crippen LogP contribution in [-0.2, 0) is 4.79 Å². The van der Waals surface area contributed by atoms with Crippen LogP contribution in [0.1, 0.15) is 17.9 Å². The average Bonchev–Trinajstić information content (AvgIpc) is 3.23. The molecule has 0 aliphatic carbocycles. The van der Waals surface area contributed by atoms with E-state index < -0.39 is 0 Å². The number of anilines is 1. The zero-order valence-electron chi connectivity index (χ0n) is 11.8. The minimum absolute atomic E-state index is 0.261. The smallest absolute Gasteiger partial charge is 0.235 e. The van der Waals surface area contributed by atoms with Crippen LogP contribution in [0.15, 0.2) is 47.2 Å². The van der Waals surface area contributed by atoms with Gasteiger partial charge in [-0.05, 0) is 23.4 Å². The molecule has 21 heavy (non-hydrogen) atoms. The van der Waals surface area contributed by atoms with Gasteiger partial charge in [-0.1, -0.05) is 30.3 Å². The van der Waals surface area contributed by atoms with Gasteiger partial charge in [0.1, 0.15) is 0 Å². The van der Waals surface area contributed by atoms with Crippen molar-refractivity contribution in [1.29, 1.82) is 0 Å². The molecular formula is C17H18N2OS. The van der Waals surface area contributed by atoms with Crippen molar-refractivity contribution in [3.63, 3.8) is 0 Å². The molecule has 0 bridgehead atoms. The van der Waals surface area contributed by atoms with Crippen LogP contribution in [0.3, 0.4) is 0 Å². The maximum absolute atomic E-state index is 13.1. The number of rotatable bonds is 2. The van der Waals surface area contributed by atoms with Gasteiger partial charge in [-0.3, -0.25) is 4.79 Å². The second-order valence-electron chi connectivity index (χ2n) is 5.94. The monoisotopic (exact) mass is 298 g/mol. The van der Waals surface area contributed by atoms with E-state index in [2.05, 4.69) is 35.0 Å². The lowest BCUT2D eigenvalue weighted by Crippen LogP contribution is -2.39. The second-order valence-corrected chi connectivity index (χ2v) is 6.72. The molecule has 0 saturated carbocycles. The van der Waals surface area contributed by atoms with Crippen LogP contribution in [0.25, 0.3) is 0 Å². The van der Waals surface area contributed by atoms with Gasteiger partial charge in [-0.2, -0.15) is 11.3 Å². The normalized spacial score (nSPS) is 28.7. The predicted molar refractivity (Wildman–Crippen MR) is 85.8 cm³/mol. The summed E-state index contributed by atoms with van der Waals surface area (Å²) in [6.07, 6.45) is 0.939. The van der Waals surface area contributed by atoms with Crippen molar-refractivity contribution in [3.8, 4) is 0 Å². The van der Waals surface area contributed by atoms with Crippen LogP contribution in [0.2, 0.25) is 0 Å². The number of carbonyl (C=O) groups excluding carboxylic acids is 1. The number of carbonyl (C=O) groups is 1. The van der Waals surface area contributed by atoms with E-state index in [0.29, 0.717) is 5.91 Å². The van der Waals surface area contributed by atoms with Crippen LogP contribution < -0.4 is 10.2 Å². The molecule has 1 aromatic heterocycles. The number of benzene rings is 1. The third-order valence-corrected chi connectivity index (χ3v) is 5.60. The van der Waals surface area contributed by atoms with Gasteiger partial charge in [0.25, 0.3) is 0 Å². The number of amides is 1. The fourth-order valence-corrected chi connectivity index (χ4v) is 4.46. The molecule has 3 nitrogen and oxygen atoms in total. The number of hydrogen-bond donors (Lipinski definition) is 1. The molecule has 4 heteroatoms. The first-order valence-electron chi connectivity index (χ1n) is 7.41. The summed E-state index contributed by atoms with van der Waals surface area (Å²) in [4.78, 5) is 15.1. The van der Waals surface area contributed by atoms with Crippen LogP contribution >= 0.6 is 11.3 Å². The van der Waals surface area contributed by atoms with E-state index in [1.54, 1.807) is 11.3 Å². The molecule has 0 unspecified atom stereocenters. The molecule has 1 spiro atoms. The summed E-state index contributed by atoms with van der Waals surface area (Å²) in [6.45, 7) is 2.53. The number of nitrogens with one attached hydrogen (secondary N) is 1. The summed E-state index contributed by atoms with van der Waals surface area (Å²) in [7, 11) is 0. The van der Waals surface area contributed by atoms with Crippen molar-refractivity contribution in [2.24, 2.45) is 5.41 Å². The highest BCUT2D eigenvalue weighted by Crippen LogP contribution is 2.48. The minimum Gasteiger partial charge on any atom is -0.315 e. The zero-order chi connectivity index (χ0) is 14.3. The first-order chi connectivity index (χ1) is 10.3. The maximum Gasteiger partial charge on any atom is 0.235 e. The Labute approximate surface area is 128 Å². The number of thiophene rings is 1. The fraction of sp³-hybridized carbons (Fsp3) is 0.353. The lowest BCUT2D eigenvalue weighted by molar-refractivity contribution is -0.125. The van der Waals surface area contributed by atoms with Crippen LogP contribution in [0, 0.1) is 5.41 Å². The highest BCUT2D eigenvalue weighted by atomic mass is 32.1. The number of nitrogens with zero attached hydrogens (tertiary/aromatic N) is 1. The fourth-order valence-electron chi connectivity index (χ4n) is 3.81. The molecule has 1 N–H and O–H groups in total.